The molecule has 1 atom stereocenters. The molecule has 1 fully saturated rings. The zero-order valence-electron chi connectivity index (χ0n) is 11.3. The molecule has 1 aliphatic rings. The molecule has 0 amide bonds. The lowest BCUT2D eigenvalue weighted by Gasteiger charge is -2.22. The minimum Gasteiger partial charge on any atom is -0.359 e. The van der Waals surface area contributed by atoms with E-state index >= 15 is 0 Å². The van der Waals surface area contributed by atoms with E-state index in [0.717, 1.165) is 35.3 Å². The van der Waals surface area contributed by atoms with Gasteiger partial charge in [0.15, 0.2) is 5.76 Å². The van der Waals surface area contributed by atoms with Gasteiger partial charge in [0.25, 0.3) is 0 Å². The largest absolute Gasteiger partial charge is 0.359 e. The fourth-order valence-electron chi connectivity index (χ4n) is 2.76. The second-order valence-electron chi connectivity index (χ2n) is 5.23. The molecule has 1 aliphatic heterocycles. The summed E-state index contributed by atoms with van der Waals surface area (Å²) in [6, 6.07) is 7.24. The quantitative estimate of drug-likeness (QED) is 0.838. The summed E-state index contributed by atoms with van der Waals surface area (Å²) in [4.78, 5) is 2.25. The third-order valence-electron chi connectivity index (χ3n) is 3.72. The fraction of sp³-hybridized carbons (Fsp3) is 0.400. The summed E-state index contributed by atoms with van der Waals surface area (Å²) in [6.45, 7) is 3.46. The molecule has 106 valence electrons. The van der Waals surface area contributed by atoms with Gasteiger partial charge in [0.1, 0.15) is 5.82 Å². The number of benzene rings is 1. The Morgan fingerprint density at radius 3 is 3.05 bits per heavy atom. The predicted octanol–water partition coefficient (Wildman–Crippen LogP) is 4.22. The zero-order chi connectivity index (χ0) is 14.1. The van der Waals surface area contributed by atoms with Crippen LogP contribution in [-0.4, -0.2) is 16.6 Å². The van der Waals surface area contributed by atoms with E-state index in [1.54, 1.807) is 6.07 Å². The van der Waals surface area contributed by atoms with Gasteiger partial charge < -0.3 is 4.52 Å². The monoisotopic (exact) mass is 338 g/mol. The van der Waals surface area contributed by atoms with Crippen LogP contribution >= 0.6 is 15.9 Å². The summed E-state index contributed by atoms with van der Waals surface area (Å²) in [7, 11) is 0. The van der Waals surface area contributed by atoms with Crippen molar-refractivity contribution in [3.63, 3.8) is 0 Å². The second kappa shape index (κ2) is 5.66. The van der Waals surface area contributed by atoms with Crippen LogP contribution in [0.25, 0.3) is 0 Å². The highest BCUT2D eigenvalue weighted by Crippen LogP contribution is 2.34. The summed E-state index contributed by atoms with van der Waals surface area (Å²) in [5.74, 6) is 0.725. The first-order valence-corrected chi connectivity index (χ1v) is 7.54. The molecule has 0 aliphatic carbocycles. The van der Waals surface area contributed by atoms with Crippen molar-refractivity contribution in [3.05, 3.63) is 51.6 Å². The first kappa shape index (κ1) is 13.8. The van der Waals surface area contributed by atoms with Gasteiger partial charge in [-0.15, -0.1) is 0 Å². The molecule has 20 heavy (non-hydrogen) atoms. The molecule has 0 radical (unpaired) electrons. The van der Waals surface area contributed by atoms with Crippen LogP contribution in [0.15, 0.2) is 33.3 Å². The minimum atomic E-state index is -0.160. The van der Waals surface area contributed by atoms with E-state index in [9.17, 15) is 4.39 Å². The summed E-state index contributed by atoms with van der Waals surface area (Å²) in [6.07, 6.45) is 2.13. The van der Waals surface area contributed by atoms with Crippen molar-refractivity contribution in [2.24, 2.45) is 0 Å². The highest BCUT2D eigenvalue weighted by molar-refractivity contribution is 9.10. The van der Waals surface area contributed by atoms with Crippen molar-refractivity contribution < 1.29 is 8.91 Å². The Hall–Kier alpha value is -1.20. The zero-order valence-corrected chi connectivity index (χ0v) is 12.9. The van der Waals surface area contributed by atoms with Crippen LogP contribution in [0.3, 0.4) is 0 Å². The Morgan fingerprint density at radius 1 is 1.45 bits per heavy atom. The number of halogens is 2. The first-order valence-electron chi connectivity index (χ1n) is 6.74. The average molecular weight is 339 g/mol. The van der Waals surface area contributed by atoms with Crippen molar-refractivity contribution in [3.8, 4) is 0 Å². The normalized spacial score (nSPS) is 19.6. The van der Waals surface area contributed by atoms with Gasteiger partial charge in [0.2, 0.25) is 0 Å². The molecule has 3 rings (SSSR count). The predicted molar refractivity (Wildman–Crippen MR) is 77.7 cm³/mol. The molecule has 0 N–H and O–H groups in total. The van der Waals surface area contributed by atoms with E-state index in [1.165, 1.54) is 6.07 Å². The van der Waals surface area contributed by atoms with Gasteiger partial charge in [-0.05, 0) is 44.5 Å². The summed E-state index contributed by atoms with van der Waals surface area (Å²) >= 11 is 3.40. The van der Waals surface area contributed by atoms with Crippen LogP contribution in [-0.2, 0) is 6.54 Å². The van der Waals surface area contributed by atoms with Crippen LogP contribution in [0.4, 0.5) is 4.39 Å². The Labute approximate surface area is 125 Å². The molecule has 0 spiro atoms. The van der Waals surface area contributed by atoms with Crippen LogP contribution in [0, 0.1) is 12.7 Å². The molecular formula is C15H16BrFN2O. The van der Waals surface area contributed by atoms with Gasteiger partial charge in [-0.25, -0.2) is 4.39 Å². The molecule has 2 aromatic rings. The fourth-order valence-corrected chi connectivity index (χ4v) is 3.17. The summed E-state index contributed by atoms with van der Waals surface area (Å²) < 4.78 is 20.2. The lowest BCUT2D eigenvalue weighted by atomic mass is 10.1. The van der Waals surface area contributed by atoms with Crippen molar-refractivity contribution in [1.82, 2.24) is 10.1 Å². The van der Waals surface area contributed by atoms with E-state index in [4.69, 9.17) is 4.52 Å². The highest BCUT2D eigenvalue weighted by Gasteiger charge is 2.29. The van der Waals surface area contributed by atoms with Gasteiger partial charge in [-0.2, -0.15) is 0 Å². The molecule has 1 aromatic heterocycles. The topological polar surface area (TPSA) is 29.3 Å². The Morgan fingerprint density at radius 2 is 2.30 bits per heavy atom. The Bertz CT molecular complexity index is 614. The lowest BCUT2D eigenvalue weighted by molar-refractivity contribution is 0.204. The Kier molecular flexibility index (Phi) is 3.89. The van der Waals surface area contributed by atoms with Crippen molar-refractivity contribution in [2.45, 2.75) is 32.4 Å². The molecule has 2 heterocycles. The molecule has 1 saturated heterocycles. The van der Waals surface area contributed by atoms with Gasteiger partial charge in [-0.1, -0.05) is 21.1 Å². The number of hydrogen-bond acceptors (Lipinski definition) is 3. The average Bonchev–Trinajstić information content (AvgIpc) is 3.02. The van der Waals surface area contributed by atoms with Crippen molar-refractivity contribution in [2.75, 3.05) is 6.54 Å². The van der Waals surface area contributed by atoms with Gasteiger partial charge in [0, 0.05) is 22.6 Å². The van der Waals surface area contributed by atoms with Gasteiger partial charge in [0.05, 0.1) is 11.7 Å². The molecule has 0 unspecified atom stereocenters. The number of likely N-dealkylation sites (tertiary alicyclic amines) is 1. The van der Waals surface area contributed by atoms with Crippen LogP contribution in [0.5, 0.6) is 0 Å². The van der Waals surface area contributed by atoms with Gasteiger partial charge in [-0.3, -0.25) is 4.90 Å². The SMILES string of the molecule is Cc1cc([C@H]2CCCN2Cc2cc(Br)ccc2F)on1. The van der Waals surface area contributed by atoms with E-state index < -0.39 is 0 Å². The van der Waals surface area contributed by atoms with E-state index in [0.29, 0.717) is 12.1 Å². The number of rotatable bonds is 3. The third-order valence-corrected chi connectivity index (χ3v) is 4.21. The number of nitrogens with zero attached hydrogens (tertiary/aromatic N) is 2. The first-order chi connectivity index (χ1) is 9.63. The van der Waals surface area contributed by atoms with Gasteiger partial charge >= 0.3 is 0 Å². The van der Waals surface area contributed by atoms with E-state index in [1.807, 2.05) is 19.1 Å². The number of hydrogen-bond donors (Lipinski definition) is 0. The van der Waals surface area contributed by atoms with E-state index in [-0.39, 0.29) is 11.9 Å². The van der Waals surface area contributed by atoms with Crippen molar-refractivity contribution >= 4 is 15.9 Å². The summed E-state index contributed by atoms with van der Waals surface area (Å²) in [5, 5.41) is 3.95. The maximum Gasteiger partial charge on any atom is 0.154 e. The minimum absolute atomic E-state index is 0.160. The van der Waals surface area contributed by atoms with E-state index in [2.05, 4.69) is 26.0 Å². The maximum absolute atomic E-state index is 13.9. The third kappa shape index (κ3) is 2.79. The maximum atomic E-state index is 13.9. The van der Waals surface area contributed by atoms with Crippen LogP contribution in [0.2, 0.25) is 0 Å². The molecule has 0 saturated carbocycles. The van der Waals surface area contributed by atoms with Crippen LogP contribution < -0.4 is 0 Å². The standard InChI is InChI=1S/C15H16BrFN2O/c1-10-7-15(20-18-10)14-3-2-6-19(14)9-11-8-12(16)4-5-13(11)17/h4-5,7-8,14H,2-3,6,9H2,1H3/t14-/m1/s1. The van der Waals surface area contributed by atoms with Crippen molar-refractivity contribution in [1.29, 1.82) is 0 Å². The molecule has 1 aromatic carbocycles. The molecule has 3 nitrogen and oxygen atoms in total. The molecule has 5 heteroatoms. The Balaban J connectivity index is 1.81. The summed E-state index contributed by atoms with van der Waals surface area (Å²) in [5.41, 5.74) is 1.60. The molecular weight excluding hydrogens is 323 g/mol. The smallest absolute Gasteiger partial charge is 0.154 e. The molecule has 0 bridgehead atoms. The number of aryl methyl sites for hydroxylation is 1. The second-order valence-corrected chi connectivity index (χ2v) is 6.15. The highest BCUT2D eigenvalue weighted by atomic mass is 79.9. The van der Waals surface area contributed by atoms with Crippen LogP contribution in [0.1, 0.15) is 35.9 Å². The lowest BCUT2D eigenvalue weighted by Crippen LogP contribution is -2.23. The number of aromatic nitrogens is 1.